The Bertz CT molecular complexity index is 325. The zero-order valence-electron chi connectivity index (χ0n) is 12.7. The molecule has 1 aliphatic carbocycles. The summed E-state index contributed by atoms with van der Waals surface area (Å²) < 4.78 is 5.21. The number of carboxylic acid groups (broad SMARTS) is 1. The van der Waals surface area contributed by atoms with Crippen LogP contribution in [0.5, 0.6) is 0 Å². The molecule has 1 saturated heterocycles. The van der Waals surface area contributed by atoms with Crippen LogP contribution in [0, 0.1) is 5.92 Å². The van der Waals surface area contributed by atoms with E-state index in [1.165, 1.54) is 0 Å². The molecule has 2 fully saturated rings. The van der Waals surface area contributed by atoms with E-state index in [0.717, 1.165) is 51.9 Å². The number of aliphatic carboxylic acids is 1. The average Bonchev–Trinajstić information content (AvgIpc) is 3.22. The molecule has 0 aromatic rings. The number of ether oxygens (including phenoxy) is 1. The van der Waals surface area contributed by atoms with Crippen molar-refractivity contribution in [2.45, 2.75) is 50.6 Å². The van der Waals surface area contributed by atoms with E-state index in [1.807, 2.05) is 6.92 Å². The fraction of sp³-hybridized carbons (Fsp3) is 0.933. The van der Waals surface area contributed by atoms with Crippen molar-refractivity contribution in [1.29, 1.82) is 0 Å². The van der Waals surface area contributed by atoms with Crippen LogP contribution in [0.15, 0.2) is 0 Å². The van der Waals surface area contributed by atoms with Gasteiger partial charge in [-0.15, -0.1) is 0 Å². The molecule has 1 saturated carbocycles. The Morgan fingerprint density at radius 3 is 2.50 bits per heavy atom. The lowest BCUT2D eigenvalue weighted by molar-refractivity contribution is -0.144. The number of nitrogens with one attached hydrogen (secondary N) is 1. The van der Waals surface area contributed by atoms with E-state index >= 15 is 0 Å². The summed E-state index contributed by atoms with van der Waals surface area (Å²) in [7, 11) is 1.76. The third kappa shape index (κ3) is 4.43. The van der Waals surface area contributed by atoms with E-state index in [4.69, 9.17) is 4.74 Å². The first-order chi connectivity index (χ1) is 9.53. The minimum absolute atomic E-state index is 0.420. The number of carboxylic acids is 1. The summed E-state index contributed by atoms with van der Waals surface area (Å²) in [5, 5.41) is 12.7. The maximum absolute atomic E-state index is 11.5. The van der Waals surface area contributed by atoms with Crippen molar-refractivity contribution in [3.8, 4) is 0 Å². The third-order valence-electron chi connectivity index (χ3n) is 4.61. The largest absolute Gasteiger partial charge is 0.480 e. The van der Waals surface area contributed by atoms with Gasteiger partial charge in [-0.25, -0.2) is 0 Å². The van der Waals surface area contributed by atoms with E-state index < -0.39 is 11.5 Å². The van der Waals surface area contributed by atoms with Gasteiger partial charge in [0, 0.05) is 26.3 Å². The fourth-order valence-electron chi connectivity index (χ4n) is 2.91. The number of likely N-dealkylation sites (tertiary alicyclic amines) is 1. The van der Waals surface area contributed by atoms with Gasteiger partial charge in [0.05, 0.1) is 0 Å². The van der Waals surface area contributed by atoms with Crippen molar-refractivity contribution in [3.05, 3.63) is 0 Å². The molecular formula is C15H28N2O3. The summed E-state index contributed by atoms with van der Waals surface area (Å²) in [4.78, 5) is 13.9. The normalized spacial score (nSPS) is 24.5. The van der Waals surface area contributed by atoms with Gasteiger partial charge in [0.1, 0.15) is 5.54 Å². The number of carbonyl (C=O) groups is 1. The molecule has 116 valence electrons. The number of hydrogen-bond acceptors (Lipinski definition) is 4. The Hall–Kier alpha value is -0.650. The van der Waals surface area contributed by atoms with Gasteiger partial charge in [-0.1, -0.05) is 0 Å². The van der Waals surface area contributed by atoms with Gasteiger partial charge >= 0.3 is 5.97 Å². The number of methoxy groups -OCH3 is 1. The molecule has 5 nitrogen and oxygen atoms in total. The summed E-state index contributed by atoms with van der Waals surface area (Å²) in [6.45, 7) is 5.66. The molecule has 2 N–H and O–H groups in total. The molecule has 1 heterocycles. The van der Waals surface area contributed by atoms with E-state index in [1.54, 1.807) is 7.11 Å². The first-order valence-electron chi connectivity index (χ1n) is 7.76. The lowest BCUT2D eigenvalue weighted by Gasteiger charge is -2.34. The molecule has 1 unspecified atom stereocenters. The molecule has 0 spiro atoms. The van der Waals surface area contributed by atoms with Crippen molar-refractivity contribution < 1.29 is 14.6 Å². The SMILES string of the molecule is COCC1CCN(CCC(C)(NC2CC2)C(=O)O)CC1. The minimum Gasteiger partial charge on any atom is -0.480 e. The summed E-state index contributed by atoms with van der Waals surface area (Å²) in [5.74, 6) is -0.0506. The predicted octanol–water partition coefficient (Wildman–Crippen LogP) is 1.33. The highest BCUT2D eigenvalue weighted by molar-refractivity contribution is 5.78. The van der Waals surface area contributed by atoms with Crippen LogP contribution in [0.1, 0.15) is 39.0 Å². The Morgan fingerprint density at radius 1 is 1.35 bits per heavy atom. The molecule has 0 aromatic carbocycles. The van der Waals surface area contributed by atoms with Crippen LogP contribution < -0.4 is 5.32 Å². The van der Waals surface area contributed by atoms with Gasteiger partial charge in [-0.3, -0.25) is 10.1 Å². The first-order valence-corrected chi connectivity index (χ1v) is 7.76. The highest BCUT2D eigenvalue weighted by Gasteiger charge is 2.38. The van der Waals surface area contributed by atoms with Gasteiger partial charge in [0.15, 0.2) is 0 Å². The zero-order valence-corrected chi connectivity index (χ0v) is 12.7. The van der Waals surface area contributed by atoms with Crippen LogP contribution in [0.4, 0.5) is 0 Å². The van der Waals surface area contributed by atoms with Crippen LogP contribution in [0.3, 0.4) is 0 Å². The summed E-state index contributed by atoms with van der Waals surface area (Å²) in [5.41, 5.74) is -0.773. The molecule has 1 atom stereocenters. The van der Waals surface area contributed by atoms with Gasteiger partial charge < -0.3 is 14.7 Å². The predicted molar refractivity (Wildman–Crippen MR) is 77.9 cm³/mol. The molecule has 2 aliphatic rings. The molecule has 2 rings (SSSR count). The Kier molecular flexibility index (Phi) is 5.41. The number of piperidine rings is 1. The minimum atomic E-state index is -0.773. The smallest absolute Gasteiger partial charge is 0.323 e. The first kappa shape index (κ1) is 15.7. The maximum Gasteiger partial charge on any atom is 0.323 e. The molecule has 1 aliphatic heterocycles. The standard InChI is InChI=1S/C15H28N2O3/c1-15(14(18)19,16-13-3-4-13)7-10-17-8-5-12(6-9-17)11-20-2/h12-13,16H,3-11H2,1-2H3,(H,18,19). The van der Waals surface area contributed by atoms with Crippen LogP contribution in [-0.4, -0.2) is 60.9 Å². The van der Waals surface area contributed by atoms with Crippen LogP contribution in [0.2, 0.25) is 0 Å². The highest BCUT2D eigenvalue weighted by atomic mass is 16.5. The van der Waals surface area contributed by atoms with E-state index in [2.05, 4.69) is 10.2 Å². The van der Waals surface area contributed by atoms with Crippen LogP contribution in [-0.2, 0) is 9.53 Å². The van der Waals surface area contributed by atoms with Crippen LogP contribution in [0.25, 0.3) is 0 Å². The lowest BCUT2D eigenvalue weighted by atomic mass is 9.94. The van der Waals surface area contributed by atoms with Gasteiger partial charge in [-0.05, 0) is 58.0 Å². The lowest BCUT2D eigenvalue weighted by Crippen LogP contribution is -2.52. The number of hydrogen-bond donors (Lipinski definition) is 2. The van der Waals surface area contributed by atoms with Gasteiger partial charge in [0.25, 0.3) is 0 Å². The van der Waals surface area contributed by atoms with E-state index in [0.29, 0.717) is 18.4 Å². The van der Waals surface area contributed by atoms with Crippen molar-refractivity contribution >= 4 is 5.97 Å². The van der Waals surface area contributed by atoms with Gasteiger partial charge in [0.2, 0.25) is 0 Å². The van der Waals surface area contributed by atoms with Crippen molar-refractivity contribution in [2.75, 3.05) is 33.4 Å². The quantitative estimate of drug-likeness (QED) is 0.704. The molecular weight excluding hydrogens is 256 g/mol. The number of nitrogens with zero attached hydrogens (tertiary/aromatic N) is 1. The van der Waals surface area contributed by atoms with Gasteiger partial charge in [-0.2, -0.15) is 0 Å². The second-order valence-corrected chi connectivity index (χ2v) is 6.55. The maximum atomic E-state index is 11.5. The van der Waals surface area contributed by atoms with Crippen molar-refractivity contribution in [2.24, 2.45) is 5.92 Å². The molecule has 0 aromatic heterocycles. The molecule has 0 bridgehead atoms. The molecule has 20 heavy (non-hydrogen) atoms. The summed E-state index contributed by atoms with van der Waals surface area (Å²) >= 11 is 0. The molecule has 5 heteroatoms. The monoisotopic (exact) mass is 284 g/mol. The van der Waals surface area contributed by atoms with Crippen molar-refractivity contribution in [1.82, 2.24) is 10.2 Å². The third-order valence-corrected chi connectivity index (χ3v) is 4.61. The average molecular weight is 284 g/mol. The zero-order chi connectivity index (χ0) is 14.6. The Balaban J connectivity index is 1.74. The van der Waals surface area contributed by atoms with E-state index in [9.17, 15) is 9.90 Å². The second-order valence-electron chi connectivity index (χ2n) is 6.55. The Morgan fingerprint density at radius 2 is 2.00 bits per heavy atom. The summed E-state index contributed by atoms with van der Waals surface area (Å²) in [6.07, 6.45) is 5.23. The van der Waals surface area contributed by atoms with Crippen molar-refractivity contribution in [3.63, 3.8) is 0 Å². The van der Waals surface area contributed by atoms with E-state index in [-0.39, 0.29) is 0 Å². The second kappa shape index (κ2) is 6.87. The topological polar surface area (TPSA) is 61.8 Å². The highest BCUT2D eigenvalue weighted by Crippen LogP contribution is 2.25. The fourth-order valence-corrected chi connectivity index (χ4v) is 2.91. The number of rotatable bonds is 8. The molecule has 0 radical (unpaired) electrons. The molecule has 0 amide bonds. The Labute approximate surface area is 121 Å². The van der Waals surface area contributed by atoms with Crippen LogP contribution >= 0.6 is 0 Å². The summed E-state index contributed by atoms with van der Waals surface area (Å²) in [6, 6.07) is 0.420.